The molecule has 0 bridgehead atoms. The summed E-state index contributed by atoms with van der Waals surface area (Å²) in [7, 11) is 0. The number of benzene rings is 1. The molecule has 21 heavy (non-hydrogen) atoms. The van der Waals surface area contributed by atoms with Crippen LogP contribution in [0.3, 0.4) is 0 Å². The van der Waals surface area contributed by atoms with Gasteiger partial charge in [0.1, 0.15) is 0 Å². The van der Waals surface area contributed by atoms with Crippen LogP contribution in [0.5, 0.6) is 0 Å². The van der Waals surface area contributed by atoms with Crippen molar-refractivity contribution in [2.24, 2.45) is 0 Å². The summed E-state index contributed by atoms with van der Waals surface area (Å²) in [5.41, 5.74) is 0.806. The highest BCUT2D eigenvalue weighted by Crippen LogP contribution is 2.23. The zero-order valence-corrected chi connectivity index (χ0v) is 11.5. The van der Waals surface area contributed by atoms with Crippen LogP contribution < -0.4 is 5.32 Å². The van der Waals surface area contributed by atoms with E-state index in [1.54, 1.807) is 11.0 Å². The Bertz CT molecular complexity index is 711. The lowest BCUT2D eigenvalue weighted by atomic mass is 10.1. The van der Waals surface area contributed by atoms with Crippen LogP contribution in [0.1, 0.15) is 17.4 Å². The van der Waals surface area contributed by atoms with E-state index in [2.05, 4.69) is 15.5 Å². The molecule has 0 spiro atoms. The summed E-state index contributed by atoms with van der Waals surface area (Å²) >= 11 is 0. The third-order valence-electron chi connectivity index (χ3n) is 3.72. The predicted molar refractivity (Wildman–Crippen MR) is 76.1 cm³/mol. The molecule has 0 aliphatic carbocycles. The Morgan fingerprint density at radius 1 is 1.52 bits per heavy atom. The third kappa shape index (κ3) is 2.33. The smallest absolute Gasteiger partial charge is 0.275 e. The van der Waals surface area contributed by atoms with E-state index in [4.69, 9.17) is 0 Å². The SMILES string of the molecule is C[C@@H]1CNCCN1C(=O)c1n[nH]c2ccc([N+](=O)[O-])cc12. The highest BCUT2D eigenvalue weighted by Gasteiger charge is 2.27. The normalized spacial score (nSPS) is 18.9. The summed E-state index contributed by atoms with van der Waals surface area (Å²) in [6, 6.07) is 4.41. The van der Waals surface area contributed by atoms with Gasteiger partial charge in [0, 0.05) is 43.2 Å². The van der Waals surface area contributed by atoms with Crippen LogP contribution in [0, 0.1) is 10.1 Å². The largest absolute Gasteiger partial charge is 0.332 e. The maximum atomic E-state index is 12.6. The van der Waals surface area contributed by atoms with E-state index in [0.717, 1.165) is 13.1 Å². The van der Waals surface area contributed by atoms with Crippen LogP contribution in [-0.2, 0) is 0 Å². The Balaban J connectivity index is 2.01. The topological polar surface area (TPSA) is 104 Å². The Labute approximate surface area is 120 Å². The number of nitro groups is 1. The minimum atomic E-state index is -0.478. The van der Waals surface area contributed by atoms with Crippen molar-refractivity contribution in [3.8, 4) is 0 Å². The fourth-order valence-corrected chi connectivity index (χ4v) is 2.56. The van der Waals surface area contributed by atoms with Gasteiger partial charge in [0.2, 0.25) is 0 Å². The second kappa shape index (κ2) is 5.13. The van der Waals surface area contributed by atoms with Crippen molar-refractivity contribution in [1.29, 1.82) is 0 Å². The molecular formula is C13H15N5O3. The molecule has 1 fully saturated rings. The number of carbonyl (C=O) groups excluding carboxylic acids is 1. The van der Waals surface area contributed by atoms with Crippen molar-refractivity contribution < 1.29 is 9.72 Å². The standard InChI is InChI=1S/C13H15N5O3/c1-8-7-14-4-5-17(8)13(19)12-10-6-9(18(20)21)2-3-11(10)15-16-12/h2-3,6,8,14H,4-5,7H2,1H3,(H,15,16)/t8-/m1/s1. The van der Waals surface area contributed by atoms with E-state index >= 15 is 0 Å². The van der Waals surface area contributed by atoms with Crippen molar-refractivity contribution in [1.82, 2.24) is 20.4 Å². The first-order chi connectivity index (χ1) is 10.1. The van der Waals surface area contributed by atoms with Crippen LogP contribution in [0.4, 0.5) is 5.69 Å². The minimum Gasteiger partial charge on any atom is -0.332 e. The van der Waals surface area contributed by atoms with Gasteiger partial charge in [-0.15, -0.1) is 0 Å². The summed E-state index contributed by atoms with van der Waals surface area (Å²) in [6.07, 6.45) is 0. The average molecular weight is 289 g/mol. The molecule has 0 radical (unpaired) electrons. The minimum absolute atomic E-state index is 0.0497. The average Bonchev–Trinajstić information content (AvgIpc) is 2.90. The maximum Gasteiger partial charge on any atom is 0.275 e. The summed E-state index contributed by atoms with van der Waals surface area (Å²) < 4.78 is 0. The number of hydrogen-bond donors (Lipinski definition) is 2. The monoisotopic (exact) mass is 289 g/mol. The molecule has 8 heteroatoms. The van der Waals surface area contributed by atoms with Gasteiger partial charge in [-0.1, -0.05) is 0 Å². The second-order valence-corrected chi connectivity index (χ2v) is 5.11. The first kappa shape index (κ1) is 13.5. The van der Waals surface area contributed by atoms with Crippen molar-refractivity contribution in [3.63, 3.8) is 0 Å². The lowest BCUT2D eigenvalue weighted by Crippen LogP contribution is -2.52. The van der Waals surface area contributed by atoms with E-state index in [9.17, 15) is 14.9 Å². The number of amides is 1. The molecule has 1 aliphatic heterocycles. The van der Waals surface area contributed by atoms with Gasteiger partial charge < -0.3 is 10.2 Å². The second-order valence-electron chi connectivity index (χ2n) is 5.11. The number of nitro benzene ring substituents is 1. The van der Waals surface area contributed by atoms with E-state index in [-0.39, 0.29) is 23.3 Å². The molecule has 110 valence electrons. The number of non-ortho nitro benzene ring substituents is 1. The van der Waals surface area contributed by atoms with Crippen molar-refractivity contribution in [2.45, 2.75) is 13.0 Å². The van der Waals surface area contributed by atoms with Gasteiger partial charge >= 0.3 is 0 Å². The first-order valence-corrected chi connectivity index (χ1v) is 6.72. The summed E-state index contributed by atoms with van der Waals surface area (Å²) in [5.74, 6) is -0.198. The van der Waals surface area contributed by atoms with E-state index in [1.165, 1.54) is 12.1 Å². The molecule has 0 unspecified atom stereocenters. The molecule has 2 N–H and O–H groups in total. The Kier molecular flexibility index (Phi) is 3.30. The van der Waals surface area contributed by atoms with Crippen LogP contribution in [0.25, 0.3) is 10.9 Å². The predicted octanol–water partition coefficient (Wildman–Crippen LogP) is 0.905. The van der Waals surface area contributed by atoms with E-state index in [0.29, 0.717) is 17.4 Å². The van der Waals surface area contributed by atoms with Gasteiger partial charge in [-0.05, 0) is 13.0 Å². The number of piperazine rings is 1. The van der Waals surface area contributed by atoms with Crippen molar-refractivity contribution in [2.75, 3.05) is 19.6 Å². The number of carbonyl (C=O) groups is 1. The lowest BCUT2D eigenvalue weighted by Gasteiger charge is -2.33. The quantitative estimate of drug-likeness (QED) is 0.631. The molecule has 3 rings (SSSR count). The Morgan fingerprint density at radius 2 is 2.33 bits per heavy atom. The fraction of sp³-hybridized carbons (Fsp3) is 0.385. The number of hydrogen-bond acceptors (Lipinski definition) is 5. The number of aromatic amines is 1. The molecular weight excluding hydrogens is 274 g/mol. The molecule has 1 saturated heterocycles. The van der Waals surface area contributed by atoms with Gasteiger partial charge in [0.15, 0.2) is 5.69 Å². The molecule has 1 aliphatic rings. The number of rotatable bonds is 2. The molecule has 1 aromatic heterocycles. The number of H-pyrrole nitrogens is 1. The highest BCUT2D eigenvalue weighted by molar-refractivity contribution is 6.05. The first-order valence-electron chi connectivity index (χ1n) is 6.72. The molecule has 1 aromatic carbocycles. The fourth-order valence-electron chi connectivity index (χ4n) is 2.56. The van der Waals surface area contributed by atoms with E-state index in [1.807, 2.05) is 6.92 Å². The molecule has 1 amide bonds. The summed E-state index contributed by atoms with van der Waals surface area (Å²) in [5, 5.41) is 21.4. The van der Waals surface area contributed by atoms with Gasteiger partial charge in [-0.25, -0.2) is 0 Å². The van der Waals surface area contributed by atoms with Crippen LogP contribution in [0.15, 0.2) is 18.2 Å². The zero-order valence-electron chi connectivity index (χ0n) is 11.5. The third-order valence-corrected chi connectivity index (χ3v) is 3.72. The molecule has 2 aromatic rings. The molecule has 8 nitrogen and oxygen atoms in total. The van der Waals surface area contributed by atoms with Crippen LogP contribution in [0.2, 0.25) is 0 Å². The molecule has 1 atom stereocenters. The molecule has 2 heterocycles. The van der Waals surface area contributed by atoms with Gasteiger partial charge in [0.25, 0.3) is 11.6 Å². The van der Waals surface area contributed by atoms with Gasteiger partial charge in [-0.2, -0.15) is 5.10 Å². The number of aromatic nitrogens is 2. The summed E-state index contributed by atoms with van der Waals surface area (Å²) in [6.45, 7) is 4.03. The summed E-state index contributed by atoms with van der Waals surface area (Å²) in [4.78, 5) is 24.7. The van der Waals surface area contributed by atoms with E-state index < -0.39 is 4.92 Å². The van der Waals surface area contributed by atoms with Crippen LogP contribution in [-0.4, -0.2) is 51.6 Å². The maximum absolute atomic E-state index is 12.6. The Hall–Kier alpha value is -2.48. The zero-order chi connectivity index (χ0) is 15.0. The number of nitrogens with zero attached hydrogens (tertiary/aromatic N) is 3. The van der Waals surface area contributed by atoms with Gasteiger partial charge in [-0.3, -0.25) is 20.0 Å². The van der Waals surface area contributed by atoms with Crippen molar-refractivity contribution in [3.05, 3.63) is 34.0 Å². The van der Waals surface area contributed by atoms with Gasteiger partial charge in [0.05, 0.1) is 10.4 Å². The van der Waals surface area contributed by atoms with Crippen molar-refractivity contribution >= 4 is 22.5 Å². The highest BCUT2D eigenvalue weighted by atomic mass is 16.6. The van der Waals surface area contributed by atoms with Crippen LogP contribution >= 0.6 is 0 Å². The number of nitrogens with one attached hydrogen (secondary N) is 2. The lowest BCUT2D eigenvalue weighted by molar-refractivity contribution is -0.384. The Morgan fingerprint density at radius 3 is 3.05 bits per heavy atom. The molecule has 0 saturated carbocycles. The number of fused-ring (bicyclic) bond motifs is 1.